The number of halogens is 1. The molecule has 0 heterocycles. The van der Waals surface area contributed by atoms with Gasteiger partial charge in [-0.05, 0) is 47.3 Å². The molecule has 0 saturated heterocycles. The highest BCUT2D eigenvalue weighted by Crippen LogP contribution is 2.23. The molecule has 4 nitrogen and oxygen atoms in total. The Morgan fingerprint density at radius 3 is 2.76 bits per heavy atom. The van der Waals surface area contributed by atoms with E-state index < -0.39 is 0 Å². The number of carbonyl (C=O) groups excluding carboxylic acids is 1. The molecule has 0 aliphatic heterocycles. The maximum Gasteiger partial charge on any atom is 0.233 e. The van der Waals surface area contributed by atoms with Gasteiger partial charge in [-0.1, -0.05) is 12.1 Å². The van der Waals surface area contributed by atoms with Crippen molar-refractivity contribution in [2.45, 2.75) is 25.7 Å². The Balaban J connectivity index is 2.09. The molecule has 0 atom stereocenters. The van der Waals surface area contributed by atoms with Crippen molar-refractivity contribution in [2.75, 3.05) is 6.61 Å². The van der Waals surface area contributed by atoms with Crippen molar-refractivity contribution in [3.8, 4) is 5.75 Å². The fourth-order valence-electron chi connectivity index (χ4n) is 1.38. The van der Waals surface area contributed by atoms with Gasteiger partial charge >= 0.3 is 0 Å². The van der Waals surface area contributed by atoms with Crippen molar-refractivity contribution in [3.05, 3.63) is 28.7 Å². The van der Waals surface area contributed by atoms with Crippen LogP contribution in [-0.4, -0.2) is 12.5 Å². The average molecular weight is 301 g/mol. The summed E-state index contributed by atoms with van der Waals surface area (Å²) in [6.45, 7) is 0.660. The van der Waals surface area contributed by atoms with Gasteiger partial charge in [0, 0.05) is 6.42 Å². The fourth-order valence-corrected chi connectivity index (χ4v) is 1.78. The lowest BCUT2D eigenvalue weighted by Gasteiger charge is -2.07. The van der Waals surface area contributed by atoms with E-state index in [4.69, 9.17) is 10.6 Å². The number of amides is 1. The summed E-state index contributed by atoms with van der Waals surface area (Å²) < 4.78 is 6.56. The second kappa shape index (κ2) is 8.08. The van der Waals surface area contributed by atoms with Crippen LogP contribution in [0.4, 0.5) is 0 Å². The van der Waals surface area contributed by atoms with Gasteiger partial charge < -0.3 is 4.74 Å². The van der Waals surface area contributed by atoms with Crippen LogP contribution in [0.2, 0.25) is 0 Å². The van der Waals surface area contributed by atoms with Crippen LogP contribution in [0.15, 0.2) is 28.7 Å². The summed E-state index contributed by atoms with van der Waals surface area (Å²) in [5, 5.41) is 0. The zero-order valence-electron chi connectivity index (χ0n) is 9.62. The Kier molecular flexibility index (Phi) is 6.65. The number of hydrazine groups is 1. The smallest absolute Gasteiger partial charge is 0.233 e. The second-order valence-electron chi connectivity index (χ2n) is 3.66. The van der Waals surface area contributed by atoms with Gasteiger partial charge in [-0.3, -0.25) is 10.2 Å². The number of rotatable bonds is 7. The van der Waals surface area contributed by atoms with Gasteiger partial charge in [0.25, 0.3) is 0 Å². The van der Waals surface area contributed by atoms with Gasteiger partial charge in [0.05, 0.1) is 11.1 Å². The molecule has 0 aromatic heterocycles. The molecule has 1 rings (SSSR count). The topological polar surface area (TPSA) is 64.3 Å². The summed E-state index contributed by atoms with van der Waals surface area (Å²) in [5.74, 6) is 5.72. The number of unbranched alkanes of at least 4 members (excludes halogenated alkanes) is 2. The Morgan fingerprint density at radius 2 is 2.06 bits per heavy atom. The fraction of sp³-hybridized carbons (Fsp3) is 0.417. The minimum Gasteiger partial charge on any atom is -0.492 e. The van der Waals surface area contributed by atoms with E-state index in [0.717, 1.165) is 29.5 Å². The number of ether oxygens (including phenoxy) is 1. The molecule has 17 heavy (non-hydrogen) atoms. The van der Waals surface area contributed by atoms with E-state index in [1.54, 1.807) is 0 Å². The van der Waals surface area contributed by atoms with Crippen molar-refractivity contribution >= 4 is 21.8 Å². The largest absolute Gasteiger partial charge is 0.492 e. The second-order valence-corrected chi connectivity index (χ2v) is 4.51. The van der Waals surface area contributed by atoms with Crippen LogP contribution < -0.4 is 16.0 Å². The molecule has 0 aliphatic rings. The molecule has 0 saturated carbocycles. The number of nitrogens with one attached hydrogen (secondary N) is 1. The number of hydrogen-bond acceptors (Lipinski definition) is 3. The molecule has 1 amide bonds. The normalized spacial score (nSPS) is 10.0. The van der Waals surface area contributed by atoms with Crippen molar-refractivity contribution < 1.29 is 9.53 Å². The molecule has 0 radical (unpaired) electrons. The molecule has 5 heteroatoms. The van der Waals surface area contributed by atoms with E-state index in [-0.39, 0.29) is 5.91 Å². The molecule has 3 N–H and O–H groups in total. The van der Waals surface area contributed by atoms with Gasteiger partial charge in [-0.15, -0.1) is 0 Å². The zero-order chi connectivity index (χ0) is 12.5. The lowest BCUT2D eigenvalue weighted by Crippen LogP contribution is -2.29. The highest BCUT2D eigenvalue weighted by Gasteiger charge is 2.00. The third kappa shape index (κ3) is 5.70. The summed E-state index contributed by atoms with van der Waals surface area (Å²) in [6.07, 6.45) is 3.20. The Morgan fingerprint density at radius 1 is 1.29 bits per heavy atom. The summed E-state index contributed by atoms with van der Waals surface area (Å²) in [4.78, 5) is 10.8. The predicted molar refractivity (Wildman–Crippen MR) is 70.4 cm³/mol. The maximum absolute atomic E-state index is 10.8. The van der Waals surface area contributed by atoms with Crippen LogP contribution in [0.1, 0.15) is 25.7 Å². The van der Waals surface area contributed by atoms with Gasteiger partial charge in [-0.25, -0.2) is 5.84 Å². The van der Waals surface area contributed by atoms with Crippen LogP contribution in [0.3, 0.4) is 0 Å². The zero-order valence-corrected chi connectivity index (χ0v) is 11.2. The molecule has 1 aromatic carbocycles. The van der Waals surface area contributed by atoms with Crippen LogP contribution in [0, 0.1) is 0 Å². The number of carbonyl (C=O) groups is 1. The summed E-state index contributed by atoms with van der Waals surface area (Å²) in [6, 6.07) is 7.75. The van der Waals surface area contributed by atoms with E-state index in [0.29, 0.717) is 13.0 Å². The van der Waals surface area contributed by atoms with Crippen molar-refractivity contribution in [1.82, 2.24) is 5.43 Å². The van der Waals surface area contributed by atoms with Crippen molar-refractivity contribution in [1.29, 1.82) is 0 Å². The van der Waals surface area contributed by atoms with Crippen LogP contribution in [0.25, 0.3) is 0 Å². The SMILES string of the molecule is NNC(=O)CCCCCOc1ccccc1Br. The number of para-hydroxylation sites is 1. The molecule has 0 unspecified atom stereocenters. The van der Waals surface area contributed by atoms with Crippen molar-refractivity contribution in [3.63, 3.8) is 0 Å². The summed E-state index contributed by atoms with van der Waals surface area (Å²) >= 11 is 3.42. The lowest BCUT2D eigenvalue weighted by atomic mass is 10.2. The summed E-state index contributed by atoms with van der Waals surface area (Å²) in [5.41, 5.74) is 2.11. The molecule has 0 aliphatic carbocycles. The van der Waals surface area contributed by atoms with Gasteiger partial charge in [0.2, 0.25) is 5.91 Å². The van der Waals surface area contributed by atoms with E-state index >= 15 is 0 Å². The van der Waals surface area contributed by atoms with Crippen LogP contribution in [-0.2, 0) is 4.79 Å². The quantitative estimate of drug-likeness (QED) is 0.352. The van der Waals surface area contributed by atoms with E-state index in [1.165, 1.54) is 0 Å². The summed E-state index contributed by atoms with van der Waals surface area (Å²) in [7, 11) is 0. The number of benzene rings is 1. The van der Waals surface area contributed by atoms with Crippen molar-refractivity contribution in [2.24, 2.45) is 5.84 Å². The standard InChI is InChI=1S/C12H17BrN2O2/c13-10-6-3-4-7-11(10)17-9-5-1-2-8-12(16)15-14/h3-4,6-7H,1-2,5,8-9,14H2,(H,15,16). The highest BCUT2D eigenvalue weighted by atomic mass is 79.9. The highest BCUT2D eigenvalue weighted by molar-refractivity contribution is 9.10. The molecular formula is C12H17BrN2O2. The minimum absolute atomic E-state index is 0.114. The average Bonchev–Trinajstić information content (AvgIpc) is 2.35. The van der Waals surface area contributed by atoms with Gasteiger partial charge in [-0.2, -0.15) is 0 Å². The third-order valence-electron chi connectivity index (χ3n) is 2.30. The van der Waals surface area contributed by atoms with E-state index in [2.05, 4.69) is 21.4 Å². The molecule has 94 valence electrons. The molecular weight excluding hydrogens is 284 g/mol. The minimum atomic E-state index is -0.114. The molecule has 1 aromatic rings. The number of nitrogens with two attached hydrogens (primary N) is 1. The first-order valence-corrected chi connectivity index (χ1v) is 6.40. The Hall–Kier alpha value is -1.07. The first kappa shape index (κ1) is 14.0. The van der Waals surface area contributed by atoms with Crippen LogP contribution >= 0.6 is 15.9 Å². The first-order valence-electron chi connectivity index (χ1n) is 5.61. The Labute approximate surface area is 110 Å². The van der Waals surface area contributed by atoms with Crippen LogP contribution in [0.5, 0.6) is 5.75 Å². The lowest BCUT2D eigenvalue weighted by molar-refractivity contribution is -0.121. The monoisotopic (exact) mass is 300 g/mol. The molecule has 0 bridgehead atoms. The third-order valence-corrected chi connectivity index (χ3v) is 2.96. The Bertz CT molecular complexity index is 358. The van der Waals surface area contributed by atoms with Gasteiger partial charge in [0.15, 0.2) is 0 Å². The number of hydrogen-bond donors (Lipinski definition) is 2. The van der Waals surface area contributed by atoms with E-state index in [1.807, 2.05) is 24.3 Å². The maximum atomic E-state index is 10.8. The first-order chi connectivity index (χ1) is 8.24. The van der Waals surface area contributed by atoms with Gasteiger partial charge in [0.1, 0.15) is 5.75 Å². The predicted octanol–water partition coefficient (Wildman–Crippen LogP) is 2.38. The van der Waals surface area contributed by atoms with E-state index in [9.17, 15) is 4.79 Å². The molecule has 0 fully saturated rings. The molecule has 0 spiro atoms.